The Bertz CT molecular complexity index is 881. The number of nitrogens with two attached hydrogens (primary N) is 1. The van der Waals surface area contributed by atoms with E-state index >= 15 is 0 Å². The number of nitrogens with one attached hydrogen (secondary N) is 1. The molecule has 2 heterocycles. The van der Waals surface area contributed by atoms with Crippen molar-refractivity contribution in [2.24, 2.45) is 0 Å². The van der Waals surface area contributed by atoms with Crippen LogP contribution in [0.5, 0.6) is 0 Å². The summed E-state index contributed by atoms with van der Waals surface area (Å²) in [5.41, 5.74) is 6.97. The third kappa shape index (κ3) is 2.68. The second-order valence-electron chi connectivity index (χ2n) is 4.43. The molecular formula is C14H10BrN5S. The topological polar surface area (TPSA) is 87.6 Å². The predicted octanol–water partition coefficient (Wildman–Crippen LogP) is 3.96. The summed E-state index contributed by atoms with van der Waals surface area (Å²) in [5, 5.41) is 13.3. The smallest absolute Gasteiger partial charge is 0.223 e. The molecule has 3 aromatic rings. The van der Waals surface area contributed by atoms with Crippen LogP contribution in [0.15, 0.2) is 28.7 Å². The lowest BCUT2D eigenvalue weighted by atomic mass is 10.2. The highest BCUT2D eigenvalue weighted by atomic mass is 79.9. The number of benzene rings is 1. The molecule has 21 heavy (non-hydrogen) atoms. The number of fused-ring (bicyclic) bond motifs is 1. The Morgan fingerprint density at radius 1 is 1.33 bits per heavy atom. The number of nitriles is 1. The van der Waals surface area contributed by atoms with E-state index in [9.17, 15) is 5.26 Å². The summed E-state index contributed by atoms with van der Waals surface area (Å²) in [7, 11) is 0. The highest BCUT2D eigenvalue weighted by molar-refractivity contribution is 9.10. The Hall–Kier alpha value is -2.17. The fourth-order valence-corrected chi connectivity index (χ4v) is 3.25. The monoisotopic (exact) mass is 359 g/mol. The van der Waals surface area contributed by atoms with Crippen molar-refractivity contribution in [3.8, 4) is 6.07 Å². The first-order chi connectivity index (χ1) is 10.1. The first-order valence-corrected chi connectivity index (χ1v) is 7.68. The van der Waals surface area contributed by atoms with Crippen LogP contribution in [0.25, 0.3) is 10.2 Å². The Morgan fingerprint density at radius 3 is 2.90 bits per heavy atom. The fraction of sp³-hybridized carbons (Fsp3) is 0.0714. The summed E-state index contributed by atoms with van der Waals surface area (Å²) in [6.45, 7) is 2.01. The van der Waals surface area contributed by atoms with Crippen LogP contribution in [0, 0.1) is 18.3 Å². The molecule has 0 aliphatic heterocycles. The number of hydrogen-bond acceptors (Lipinski definition) is 6. The van der Waals surface area contributed by atoms with Gasteiger partial charge in [0.1, 0.15) is 16.7 Å². The van der Waals surface area contributed by atoms with E-state index in [1.54, 1.807) is 17.4 Å². The molecule has 0 spiro atoms. The zero-order valence-electron chi connectivity index (χ0n) is 11.0. The molecule has 5 nitrogen and oxygen atoms in total. The number of anilines is 3. The lowest BCUT2D eigenvalue weighted by Gasteiger charge is -2.09. The zero-order valence-corrected chi connectivity index (χ0v) is 13.4. The molecule has 0 atom stereocenters. The third-order valence-corrected chi connectivity index (χ3v) is 4.33. The fourth-order valence-electron chi connectivity index (χ4n) is 2.00. The summed E-state index contributed by atoms with van der Waals surface area (Å²) in [4.78, 5) is 10.4. The molecule has 0 bridgehead atoms. The quantitative estimate of drug-likeness (QED) is 0.722. The molecule has 104 valence electrons. The van der Waals surface area contributed by atoms with Gasteiger partial charge in [-0.1, -0.05) is 15.9 Å². The Kier molecular flexibility index (Phi) is 3.49. The summed E-state index contributed by atoms with van der Waals surface area (Å²) in [6, 6.07) is 9.61. The van der Waals surface area contributed by atoms with E-state index in [1.165, 1.54) is 0 Å². The molecular weight excluding hydrogens is 350 g/mol. The largest absolute Gasteiger partial charge is 0.368 e. The first kappa shape index (κ1) is 13.8. The summed E-state index contributed by atoms with van der Waals surface area (Å²) in [6.07, 6.45) is 0. The maximum absolute atomic E-state index is 9.23. The highest BCUT2D eigenvalue weighted by Crippen LogP contribution is 2.32. The number of aromatic nitrogens is 2. The minimum absolute atomic E-state index is 0.211. The SMILES string of the molecule is Cc1cc2c(Nc3ccc(Br)cc3C#N)nc(N)nc2s1. The van der Waals surface area contributed by atoms with Crippen molar-refractivity contribution in [2.45, 2.75) is 6.92 Å². The van der Waals surface area contributed by atoms with Gasteiger partial charge in [-0.2, -0.15) is 10.2 Å². The lowest BCUT2D eigenvalue weighted by Crippen LogP contribution is -2.01. The minimum Gasteiger partial charge on any atom is -0.368 e. The molecule has 7 heteroatoms. The Balaban J connectivity index is 2.12. The van der Waals surface area contributed by atoms with Crippen LogP contribution < -0.4 is 11.1 Å². The van der Waals surface area contributed by atoms with Crippen LogP contribution in [0.4, 0.5) is 17.5 Å². The number of nitrogens with zero attached hydrogens (tertiary/aromatic N) is 3. The molecule has 0 aliphatic carbocycles. The van der Waals surface area contributed by atoms with Gasteiger partial charge in [0.25, 0.3) is 0 Å². The van der Waals surface area contributed by atoms with Crippen molar-refractivity contribution in [3.63, 3.8) is 0 Å². The van der Waals surface area contributed by atoms with Crippen molar-refractivity contribution in [3.05, 3.63) is 39.2 Å². The maximum atomic E-state index is 9.23. The average molecular weight is 360 g/mol. The van der Waals surface area contributed by atoms with E-state index in [0.717, 1.165) is 19.6 Å². The Labute approximate surface area is 133 Å². The van der Waals surface area contributed by atoms with Crippen molar-refractivity contribution < 1.29 is 0 Å². The van der Waals surface area contributed by atoms with Crippen molar-refractivity contribution in [1.29, 1.82) is 5.26 Å². The molecule has 0 amide bonds. The first-order valence-electron chi connectivity index (χ1n) is 6.07. The second kappa shape index (κ2) is 5.31. The van der Waals surface area contributed by atoms with Gasteiger partial charge in [-0.15, -0.1) is 11.3 Å². The van der Waals surface area contributed by atoms with E-state index in [-0.39, 0.29) is 5.95 Å². The summed E-state index contributed by atoms with van der Waals surface area (Å²) in [5.74, 6) is 0.822. The van der Waals surface area contributed by atoms with Gasteiger partial charge in [-0.25, -0.2) is 4.98 Å². The van der Waals surface area contributed by atoms with Crippen LogP contribution >= 0.6 is 27.3 Å². The summed E-state index contributed by atoms with van der Waals surface area (Å²) >= 11 is 4.91. The van der Waals surface area contributed by atoms with E-state index in [1.807, 2.05) is 25.1 Å². The van der Waals surface area contributed by atoms with Crippen LogP contribution in [-0.2, 0) is 0 Å². The minimum atomic E-state index is 0.211. The van der Waals surface area contributed by atoms with Crippen LogP contribution in [-0.4, -0.2) is 9.97 Å². The third-order valence-electron chi connectivity index (χ3n) is 2.89. The molecule has 2 aromatic heterocycles. The van der Waals surface area contributed by atoms with E-state index in [2.05, 4.69) is 37.3 Å². The number of aryl methyl sites for hydroxylation is 1. The van der Waals surface area contributed by atoms with Crippen molar-refractivity contribution in [2.75, 3.05) is 11.1 Å². The number of nitrogen functional groups attached to an aromatic ring is 1. The molecule has 0 radical (unpaired) electrons. The lowest BCUT2D eigenvalue weighted by molar-refractivity contribution is 1.24. The van der Waals surface area contributed by atoms with Gasteiger partial charge in [-0.3, -0.25) is 0 Å². The number of hydrogen-bond donors (Lipinski definition) is 2. The zero-order chi connectivity index (χ0) is 15.0. The van der Waals surface area contributed by atoms with Crippen molar-refractivity contribution >= 4 is 54.9 Å². The maximum Gasteiger partial charge on any atom is 0.223 e. The molecule has 1 aromatic carbocycles. The van der Waals surface area contributed by atoms with Gasteiger partial charge in [0.15, 0.2) is 0 Å². The van der Waals surface area contributed by atoms with Gasteiger partial charge in [0.2, 0.25) is 5.95 Å². The van der Waals surface area contributed by atoms with Crippen LogP contribution in [0.2, 0.25) is 0 Å². The standard InChI is InChI=1S/C14H10BrN5S/c1-7-4-10-12(19-14(17)20-13(10)21-7)18-11-3-2-9(15)5-8(11)6-16/h2-5H,1H3,(H3,17,18,19,20). The highest BCUT2D eigenvalue weighted by Gasteiger charge is 2.11. The van der Waals surface area contributed by atoms with Gasteiger partial charge in [0, 0.05) is 9.35 Å². The van der Waals surface area contributed by atoms with Crippen LogP contribution in [0.3, 0.4) is 0 Å². The average Bonchev–Trinajstić information content (AvgIpc) is 2.81. The molecule has 0 unspecified atom stereocenters. The molecule has 0 saturated heterocycles. The number of thiophene rings is 1. The predicted molar refractivity (Wildman–Crippen MR) is 88.7 cm³/mol. The van der Waals surface area contributed by atoms with Gasteiger partial charge >= 0.3 is 0 Å². The van der Waals surface area contributed by atoms with E-state index < -0.39 is 0 Å². The van der Waals surface area contributed by atoms with E-state index in [4.69, 9.17) is 5.73 Å². The van der Waals surface area contributed by atoms with Gasteiger partial charge < -0.3 is 11.1 Å². The molecule has 3 rings (SSSR count). The molecule has 3 N–H and O–H groups in total. The van der Waals surface area contributed by atoms with Crippen molar-refractivity contribution in [1.82, 2.24) is 9.97 Å². The second-order valence-corrected chi connectivity index (χ2v) is 6.58. The van der Waals surface area contributed by atoms with Crippen LogP contribution in [0.1, 0.15) is 10.4 Å². The molecule has 0 saturated carbocycles. The summed E-state index contributed by atoms with van der Waals surface area (Å²) < 4.78 is 0.850. The number of rotatable bonds is 2. The van der Waals surface area contributed by atoms with Gasteiger partial charge in [-0.05, 0) is 31.2 Å². The molecule has 0 aliphatic rings. The van der Waals surface area contributed by atoms with Gasteiger partial charge in [0.05, 0.1) is 16.6 Å². The Morgan fingerprint density at radius 2 is 2.14 bits per heavy atom. The van der Waals surface area contributed by atoms with E-state index in [0.29, 0.717) is 17.1 Å². The molecule has 0 fully saturated rings. The normalized spacial score (nSPS) is 10.5. The number of halogens is 1.